The maximum Gasteiger partial charge on any atom is 0.262 e. The summed E-state index contributed by atoms with van der Waals surface area (Å²) in [5, 5.41) is 16.7. The molecule has 6 nitrogen and oxygen atoms in total. The second kappa shape index (κ2) is 8.57. The van der Waals surface area contributed by atoms with Gasteiger partial charge in [0.1, 0.15) is 6.04 Å². The second-order valence-electron chi connectivity index (χ2n) is 5.14. The molecule has 0 aromatic heterocycles. The molecule has 0 fully saturated rings. The molecular formula is C18H21N3O3. The van der Waals surface area contributed by atoms with Crippen molar-refractivity contribution in [2.45, 2.75) is 19.4 Å². The van der Waals surface area contributed by atoms with Crippen LogP contribution in [0.1, 0.15) is 18.9 Å². The quantitative estimate of drug-likeness (QED) is 0.539. The van der Waals surface area contributed by atoms with Crippen LogP contribution in [0.2, 0.25) is 0 Å². The molecule has 0 saturated heterocycles. The summed E-state index contributed by atoms with van der Waals surface area (Å²) in [6.07, 6.45) is 2.12. The molecule has 3 N–H and O–H groups in total. The molecule has 1 unspecified atom stereocenters. The predicted molar refractivity (Wildman–Crippen MR) is 94.5 cm³/mol. The van der Waals surface area contributed by atoms with E-state index in [-0.39, 0.29) is 17.7 Å². The molecule has 0 spiro atoms. The fourth-order valence-electron chi connectivity index (χ4n) is 2.11. The van der Waals surface area contributed by atoms with Gasteiger partial charge in [-0.1, -0.05) is 25.1 Å². The summed E-state index contributed by atoms with van der Waals surface area (Å²) in [5.41, 5.74) is 4.10. The lowest BCUT2D eigenvalue weighted by Crippen LogP contribution is -2.36. The number of aromatic hydroxyl groups is 1. The van der Waals surface area contributed by atoms with Gasteiger partial charge in [-0.2, -0.15) is 5.10 Å². The van der Waals surface area contributed by atoms with E-state index in [1.165, 1.54) is 19.4 Å². The third-order valence-electron chi connectivity index (χ3n) is 3.43. The van der Waals surface area contributed by atoms with Gasteiger partial charge >= 0.3 is 0 Å². The zero-order valence-electron chi connectivity index (χ0n) is 13.7. The average Bonchev–Trinajstić information content (AvgIpc) is 2.61. The number of phenols is 1. The molecule has 126 valence electrons. The third kappa shape index (κ3) is 4.74. The lowest BCUT2D eigenvalue weighted by Gasteiger charge is -2.16. The number of amides is 1. The van der Waals surface area contributed by atoms with Gasteiger partial charge < -0.3 is 15.2 Å². The molecule has 2 aromatic rings. The Morgan fingerprint density at radius 3 is 2.71 bits per heavy atom. The van der Waals surface area contributed by atoms with Crippen LogP contribution in [0.15, 0.2) is 53.6 Å². The van der Waals surface area contributed by atoms with E-state index in [0.717, 1.165) is 5.69 Å². The van der Waals surface area contributed by atoms with Crippen LogP contribution >= 0.6 is 0 Å². The van der Waals surface area contributed by atoms with Gasteiger partial charge in [0, 0.05) is 5.69 Å². The van der Waals surface area contributed by atoms with Crippen molar-refractivity contribution in [1.82, 2.24) is 5.43 Å². The van der Waals surface area contributed by atoms with Gasteiger partial charge in [0.15, 0.2) is 11.5 Å². The van der Waals surface area contributed by atoms with Crippen LogP contribution in [0.4, 0.5) is 5.69 Å². The summed E-state index contributed by atoms with van der Waals surface area (Å²) < 4.78 is 5.03. The Balaban J connectivity index is 1.95. The zero-order chi connectivity index (χ0) is 17.4. The number of hydrogen-bond donors (Lipinski definition) is 3. The number of carbonyl (C=O) groups excluding carboxylic acids is 1. The van der Waals surface area contributed by atoms with Crippen LogP contribution < -0.4 is 15.5 Å². The number of hydrazone groups is 1. The van der Waals surface area contributed by atoms with Gasteiger partial charge in [0.05, 0.1) is 13.3 Å². The van der Waals surface area contributed by atoms with E-state index in [9.17, 15) is 9.90 Å². The number of nitrogens with zero attached hydrogens (tertiary/aromatic N) is 1. The summed E-state index contributed by atoms with van der Waals surface area (Å²) in [7, 11) is 1.47. The van der Waals surface area contributed by atoms with Crippen molar-refractivity contribution in [2.24, 2.45) is 5.10 Å². The minimum atomic E-state index is -0.376. The van der Waals surface area contributed by atoms with E-state index >= 15 is 0 Å². The number of rotatable bonds is 7. The van der Waals surface area contributed by atoms with Crippen LogP contribution in [0.3, 0.4) is 0 Å². The third-order valence-corrected chi connectivity index (χ3v) is 3.43. The molecule has 0 aliphatic heterocycles. The number of carbonyl (C=O) groups is 1. The largest absolute Gasteiger partial charge is 0.504 e. The molecule has 0 radical (unpaired) electrons. The Labute approximate surface area is 141 Å². The van der Waals surface area contributed by atoms with Crippen molar-refractivity contribution in [3.05, 3.63) is 54.1 Å². The Kier molecular flexibility index (Phi) is 6.19. The number of anilines is 1. The highest BCUT2D eigenvalue weighted by atomic mass is 16.5. The maximum absolute atomic E-state index is 12.2. The van der Waals surface area contributed by atoms with Crippen LogP contribution in [0, 0.1) is 0 Å². The Morgan fingerprint density at radius 1 is 1.29 bits per heavy atom. The maximum atomic E-state index is 12.2. The highest BCUT2D eigenvalue weighted by molar-refractivity contribution is 5.87. The van der Waals surface area contributed by atoms with E-state index < -0.39 is 0 Å². The fraction of sp³-hybridized carbons (Fsp3) is 0.222. The Hall–Kier alpha value is -3.02. The summed E-state index contributed by atoms with van der Waals surface area (Å²) in [4.78, 5) is 12.2. The normalized spacial score (nSPS) is 11.9. The first-order valence-corrected chi connectivity index (χ1v) is 7.65. The van der Waals surface area contributed by atoms with E-state index in [1.54, 1.807) is 12.1 Å². The van der Waals surface area contributed by atoms with Crippen molar-refractivity contribution in [3.63, 3.8) is 0 Å². The molecule has 0 heterocycles. The van der Waals surface area contributed by atoms with Crippen molar-refractivity contribution in [1.29, 1.82) is 0 Å². The predicted octanol–water partition coefficient (Wildman–Crippen LogP) is 2.74. The van der Waals surface area contributed by atoms with E-state index in [2.05, 4.69) is 15.8 Å². The molecule has 0 bridgehead atoms. The monoisotopic (exact) mass is 327 g/mol. The molecule has 24 heavy (non-hydrogen) atoms. The standard InChI is InChI=1S/C18H21N3O3/c1-3-15(20-14-7-5-4-6-8-14)18(23)21-19-12-13-9-10-16(22)17(11-13)24-2/h4-12,15,20,22H,3H2,1-2H3,(H,21,23)/b19-12+. The number of hydrogen-bond acceptors (Lipinski definition) is 5. The lowest BCUT2D eigenvalue weighted by atomic mass is 10.2. The first-order chi connectivity index (χ1) is 11.6. The van der Waals surface area contributed by atoms with E-state index in [0.29, 0.717) is 17.7 Å². The lowest BCUT2D eigenvalue weighted by molar-refractivity contribution is -0.121. The van der Waals surface area contributed by atoms with Crippen molar-refractivity contribution in [3.8, 4) is 11.5 Å². The SMILES string of the molecule is CCC(Nc1ccccc1)C(=O)N/N=C/c1ccc(O)c(OC)c1. The number of benzene rings is 2. The van der Waals surface area contributed by atoms with Crippen molar-refractivity contribution in [2.75, 3.05) is 12.4 Å². The number of para-hydroxylation sites is 1. The van der Waals surface area contributed by atoms with Crippen LogP contribution in [-0.4, -0.2) is 30.4 Å². The summed E-state index contributed by atoms with van der Waals surface area (Å²) in [6.45, 7) is 1.93. The molecule has 0 aliphatic carbocycles. The van der Waals surface area contributed by atoms with Gasteiger partial charge in [-0.15, -0.1) is 0 Å². The molecule has 6 heteroatoms. The van der Waals surface area contributed by atoms with Crippen LogP contribution in [0.5, 0.6) is 11.5 Å². The molecule has 1 atom stereocenters. The van der Waals surface area contributed by atoms with Gasteiger partial charge in [0.2, 0.25) is 0 Å². The van der Waals surface area contributed by atoms with Gasteiger partial charge in [-0.3, -0.25) is 4.79 Å². The molecule has 0 aliphatic rings. The number of methoxy groups -OCH3 is 1. The second-order valence-corrected chi connectivity index (χ2v) is 5.14. The zero-order valence-corrected chi connectivity index (χ0v) is 13.7. The summed E-state index contributed by atoms with van der Waals surface area (Å²) in [6, 6.07) is 14.0. The number of phenolic OH excluding ortho intramolecular Hbond substituents is 1. The Morgan fingerprint density at radius 2 is 2.04 bits per heavy atom. The van der Waals surface area contributed by atoms with Crippen molar-refractivity contribution < 1.29 is 14.6 Å². The topological polar surface area (TPSA) is 83.0 Å². The van der Waals surface area contributed by atoms with Crippen LogP contribution in [0.25, 0.3) is 0 Å². The fourth-order valence-corrected chi connectivity index (χ4v) is 2.11. The molecule has 0 saturated carbocycles. The summed E-state index contributed by atoms with van der Waals surface area (Å²) >= 11 is 0. The molecule has 2 rings (SSSR count). The number of nitrogens with one attached hydrogen (secondary N) is 2. The van der Waals surface area contributed by atoms with Crippen LogP contribution in [-0.2, 0) is 4.79 Å². The number of ether oxygens (including phenoxy) is 1. The minimum absolute atomic E-state index is 0.0526. The smallest absolute Gasteiger partial charge is 0.262 e. The van der Waals surface area contributed by atoms with Gasteiger partial charge in [-0.25, -0.2) is 5.43 Å². The van der Waals surface area contributed by atoms with Crippen molar-refractivity contribution >= 4 is 17.8 Å². The van der Waals surface area contributed by atoms with E-state index in [1.807, 2.05) is 37.3 Å². The highest BCUT2D eigenvalue weighted by Crippen LogP contribution is 2.25. The molecule has 1 amide bonds. The van der Waals surface area contributed by atoms with E-state index in [4.69, 9.17) is 4.74 Å². The molecular weight excluding hydrogens is 306 g/mol. The summed E-state index contributed by atoms with van der Waals surface area (Å²) in [5.74, 6) is 0.183. The first-order valence-electron chi connectivity index (χ1n) is 7.65. The first kappa shape index (κ1) is 17.3. The minimum Gasteiger partial charge on any atom is -0.504 e. The Bertz CT molecular complexity index is 702. The average molecular weight is 327 g/mol. The molecule has 2 aromatic carbocycles. The highest BCUT2D eigenvalue weighted by Gasteiger charge is 2.15. The van der Waals surface area contributed by atoms with Gasteiger partial charge in [0.25, 0.3) is 5.91 Å². The van der Waals surface area contributed by atoms with Gasteiger partial charge in [-0.05, 0) is 42.3 Å².